The van der Waals surface area contributed by atoms with Crippen LogP contribution in [0, 0.1) is 16.0 Å². The Kier molecular flexibility index (Phi) is 6.37. The second-order valence-corrected chi connectivity index (χ2v) is 6.86. The van der Waals surface area contributed by atoms with Crippen LogP contribution in [0.1, 0.15) is 22.5 Å². The molecule has 1 atom stereocenters. The van der Waals surface area contributed by atoms with E-state index < -0.39 is 22.7 Å². The number of carbonyl (C=O) groups is 3. The van der Waals surface area contributed by atoms with E-state index in [1.54, 1.807) is 12.1 Å². The number of nitro groups is 1. The van der Waals surface area contributed by atoms with Crippen LogP contribution >= 0.6 is 12.2 Å². The highest BCUT2D eigenvalue weighted by atomic mass is 32.1. The predicted molar refractivity (Wildman–Crippen MR) is 107 cm³/mol. The summed E-state index contributed by atoms with van der Waals surface area (Å²) in [6.45, 7) is 0.516. The van der Waals surface area contributed by atoms with Crippen LogP contribution in [0.2, 0.25) is 0 Å². The highest BCUT2D eigenvalue weighted by Crippen LogP contribution is 2.20. The summed E-state index contributed by atoms with van der Waals surface area (Å²) in [5.41, 5.74) is 4.79. The van der Waals surface area contributed by atoms with Crippen LogP contribution in [0.25, 0.3) is 0 Å². The zero-order valence-electron chi connectivity index (χ0n) is 15.5. The van der Waals surface area contributed by atoms with Crippen LogP contribution in [0.15, 0.2) is 47.1 Å². The molecule has 12 heteroatoms. The van der Waals surface area contributed by atoms with Crippen molar-refractivity contribution in [3.63, 3.8) is 0 Å². The third-order valence-corrected chi connectivity index (χ3v) is 4.58. The van der Waals surface area contributed by atoms with Gasteiger partial charge in [0.2, 0.25) is 11.8 Å². The third-order valence-electron chi connectivity index (χ3n) is 4.38. The van der Waals surface area contributed by atoms with Crippen molar-refractivity contribution in [1.82, 2.24) is 21.1 Å². The molecule has 2 aromatic rings. The van der Waals surface area contributed by atoms with Crippen molar-refractivity contribution in [2.24, 2.45) is 5.92 Å². The first-order valence-electron chi connectivity index (χ1n) is 8.79. The number of likely N-dealkylation sites (tertiary alicyclic amines) is 1. The molecule has 1 aromatic carbocycles. The highest BCUT2D eigenvalue weighted by molar-refractivity contribution is 7.80. The number of hydrogen-bond acceptors (Lipinski definition) is 7. The van der Waals surface area contributed by atoms with E-state index >= 15 is 0 Å². The molecule has 156 valence electrons. The molecule has 11 nitrogen and oxygen atoms in total. The molecule has 1 fully saturated rings. The Balaban J connectivity index is 1.45. The second-order valence-electron chi connectivity index (χ2n) is 6.46. The molecule has 1 saturated heterocycles. The molecule has 0 radical (unpaired) electrons. The number of non-ortho nitro benzene ring substituents is 1. The summed E-state index contributed by atoms with van der Waals surface area (Å²) in [4.78, 5) is 48.1. The predicted octanol–water partition coefficient (Wildman–Crippen LogP) is 0.872. The van der Waals surface area contributed by atoms with Gasteiger partial charge in [0.25, 0.3) is 11.6 Å². The standard InChI is InChI=1S/C18H17N5O6S/c24-15-8-12(9-22(15)10-14-2-1-7-29-14)17(26)20-21-18(30)19-16(25)11-3-5-13(6-4-11)23(27)28/h1-7,12H,8-10H2,(H,20,26)(H2,19,21,25,30). The molecule has 1 unspecified atom stereocenters. The van der Waals surface area contributed by atoms with Crippen LogP contribution < -0.4 is 16.2 Å². The summed E-state index contributed by atoms with van der Waals surface area (Å²) in [5.74, 6) is -1.17. The minimum Gasteiger partial charge on any atom is -0.467 e. The lowest BCUT2D eigenvalue weighted by molar-refractivity contribution is -0.384. The monoisotopic (exact) mass is 431 g/mol. The Morgan fingerprint density at radius 1 is 1.23 bits per heavy atom. The number of benzene rings is 1. The number of thiocarbonyl (C=S) groups is 1. The van der Waals surface area contributed by atoms with Crippen LogP contribution in [0.4, 0.5) is 5.69 Å². The second kappa shape index (κ2) is 9.13. The first-order chi connectivity index (χ1) is 14.3. The molecule has 0 aliphatic carbocycles. The Hall–Kier alpha value is -3.80. The van der Waals surface area contributed by atoms with Gasteiger partial charge in [0.15, 0.2) is 5.11 Å². The fourth-order valence-electron chi connectivity index (χ4n) is 2.85. The van der Waals surface area contributed by atoms with Crippen molar-refractivity contribution in [3.05, 3.63) is 64.1 Å². The highest BCUT2D eigenvalue weighted by Gasteiger charge is 2.34. The molecule has 0 saturated carbocycles. The first kappa shape index (κ1) is 20.9. The SMILES string of the molecule is O=C(NC(=S)NNC(=O)C1CC(=O)N(Cc2ccco2)C1)c1ccc([N+](=O)[O-])cc1. The van der Waals surface area contributed by atoms with Gasteiger partial charge in [-0.2, -0.15) is 0 Å². The number of amides is 3. The van der Waals surface area contributed by atoms with Crippen molar-refractivity contribution >= 4 is 40.7 Å². The number of furan rings is 1. The largest absolute Gasteiger partial charge is 0.467 e. The Morgan fingerprint density at radius 3 is 2.60 bits per heavy atom. The molecule has 30 heavy (non-hydrogen) atoms. The van der Waals surface area contributed by atoms with Crippen molar-refractivity contribution in [2.45, 2.75) is 13.0 Å². The van der Waals surface area contributed by atoms with E-state index in [2.05, 4.69) is 16.2 Å². The molecular formula is C18H17N5O6S. The summed E-state index contributed by atoms with van der Waals surface area (Å²) in [7, 11) is 0. The molecule has 3 rings (SSSR count). The summed E-state index contributed by atoms with van der Waals surface area (Å²) in [5, 5.41) is 12.8. The first-order valence-corrected chi connectivity index (χ1v) is 9.20. The van der Waals surface area contributed by atoms with E-state index in [9.17, 15) is 24.5 Å². The molecule has 3 amide bonds. The van der Waals surface area contributed by atoms with E-state index in [1.165, 1.54) is 35.4 Å². The topological polar surface area (TPSA) is 147 Å². The van der Waals surface area contributed by atoms with Gasteiger partial charge in [-0.3, -0.25) is 40.7 Å². The fraction of sp³-hybridized carbons (Fsp3) is 0.222. The molecular weight excluding hydrogens is 414 g/mol. The molecule has 1 aliphatic rings. The number of nitrogens with zero attached hydrogens (tertiary/aromatic N) is 2. The number of rotatable bonds is 5. The summed E-state index contributed by atoms with van der Waals surface area (Å²) < 4.78 is 5.21. The van der Waals surface area contributed by atoms with Gasteiger partial charge in [-0.05, 0) is 36.5 Å². The van der Waals surface area contributed by atoms with E-state index in [0.29, 0.717) is 5.76 Å². The average molecular weight is 431 g/mol. The Morgan fingerprint density at radius 2 is 1.97 bits per heavy atom. The van der Waals surface area contributed by atoms with Gasteiger partial charge in [0.05, 0.1) is 23.6 Å². The quantitative estimate of drug-likeness (QED) is 0.359. The van der Waals surface area contributed by atoms with Gasteiger partial charge < -0.3 is 9.32 Å². The lowest BCUT2D eigenvalue weighted by Crippen LogP contribution is -2.50. The lowest BCUT2D eigenvalue weighted by Gasteiger charge is -2.16. The summed E-state index contributed by atoms with van der Waals surface area (Å²) in [6, 6.07) is 8.42. The van der Waals surface area contributed by atoms with Gasteiger partial charge in [0.1, 0.15) is 5.76 Å². The van der Waals surface area contributed by atoms with Crippen LogP contribution in [-0.2, 0) is 16.1 Å². The van der Waals surface area contributed by atoms with Crippen LogP contribution in [0.5, 0.6) is 0 Å². The number of nitrogens with one attached hydrogen (secondary N) is 3. The minimum absolute atomic E-state index is 0.0517. The zero-order chi connectivity index (χ0) is 21.7. The summed E-state index contributed by atoms with van der Waals surface area (Å²) in [6.07, 6.45) is 1.56. The fourth-order valence-corrected chi connectivity index (χ4v) is 3.00. The number of hydrazine groups is 1. The minimum atomic E-state index is -0.600. The molecule has 2 heterocycles. The van der Waals surface area contributed by atoms with Crippen molar-refractivity contribution in [1.29, 1.82) is 0 Å². The molecule has 0 spiro atoms. The van der Waals surface area contributed by atoms with Crippen molar-refractivity contribution in [2.75, 3.05) is 6.54 Å². The molecule has 3 N–H and O–H groups in total. The normalized spacial score (nSPS) is 15.5. The number of carbonyl (C=O) groups excluding carboxylic acids is 3. The van der Waals surface area contributed by atoms with Crippen LogP contribution in [0.3, 0.4) is 0 Å². The van der Waals surface area contributed by atoms with E-state index in [1.807, 2.05) is 0 Å². The maximum atomic E-state index is 12.3. The van der Waals surface area contributed by atoms with E-state index in [4.69, 9.17) is 16.6 Å². The van der Waals surface area contributed by atoms with E-state index in [-0.39, 0.29) is 41.8 Å². The lowest BCUT2D eigenvalue weighted by atomic mass is 10.1. The van der Waals surface area contributed by atoms with Gasteiger partial charge in [-0.25, -0.2) is 0 Å². The number of nitro benzene ring substituents is 1. The smallest absolute Gasteiger partial charge is 0.269 e. The summed E-state index contributed by atoms with van der Waals surface area (Å²) >= 11 is 4.96. The van der Waals surface area contributed by atoms with Gasteiger partial charge >= 0.3 is 0 Å². The number of hydrogen-bond donors (Lipinski definition) is 3. The van der Waals surface area contributed by atoms with Gasteiger partial charge in [-0.15, -0.1) is 0 Å². The zero-order valence-corrected chi connectivity index (χ0v) is 16.3. The van der Waals surface area contributed by atoms with Crippen molar-refractivity contribution < 1.29 is 23.7 Å². The van der Waals surface area contributed by atoms with Crippen molar-refractivity contribution in [3.8, 4) is 0 Å². The Bertz CT molecular complexity index is 975. The molecule has 1 aliphatic heterocycles. The maximum Gasteiger partial charge on any atom is 0.269 e. The Labute approximate surface area is 175 Å². The maximum absolute atomic E-state index is 12.3. The van der Waals surface area contributed by atoms with E-state index in [0.717, 1.165) is 0 Å². The average Bonchev–Trinajstić information content (AvgIpc) is 3.36. The molecule has 0 bridgehead atoms. The van der Waals surface area contributed by atoms with Crippen LogP contribution in [-0.4, -0.2) is 39.2 Å². The molecule has 1 aromatic heterocycles. The third kappa shape index (κ3) is 5.17. The van der Waals surface area contributed by atoms with Gasteiger partial charge in [0, 0.05) is 30.7 Å². The van der Waals surface area contributed by atoms with Gasteiger partial charge in [-0.1, -0.05) is 0 Å².